The van der Waals surface area contributed by atoms with E-state index in [9.17, 15) is 4.79 Å². The van der Waals surface area contributed by atoms with Crippen molar-refractivity contribution >= 4 is 11.6 Å². The second-order valence-corrected chi connectivity index (χ2v) is 4.56. The van der Waals surface area contributed by atoms with Gasteiger partial charge in [-0.15, -0.1) is 0 Å². The predicted octanol–water partition coefficient (Wildman–Crippen LogP) is 2.83. The van der Waals surface area contributed by atoms with Crippen LogP contribution in [0.3, 0.4) is 0 Å². The highest BCUT2D eigenvalue weighted by Gasteiger charge is 2.12. The van der Waals surface area contributed by atoms with Crippen molar-refractivity contribution in [3.63, 3.8) is 0 Å². The zero-order chi connectivity index (χ0) is 14.7. The molecular formula is C16H14N4O. The van der Waals surface area contributed by atoms with E-state index in [-0.39, 0.29) is 5.91 Å². The number of anilines is 1. The Labute approximate surface area is 122 Å². The average Bonchev–Trinajstić information content (AvgIpc) is 2.90. The molecule has 0 aliphatic rings. The Morgan fingerprint density at radius 1 is 1.10 bits per heavy atom. The van der Waals surface area contributed by atoms with Crippen molar-refractivity contribution < 1.29 is 4.79 Å². The molecule has 0 aliphatic heterocycles. The fourth-order valence-corrected chi connectivity index (χ4v) is 2.03. The Morgan fingerprint density at radius 2 is 1.86 bits per heavy atom. The standard InChI is InChI=1S/C16H14N4O/c1-12-14(19-16(21)13-7-3-2-4-8-13)11-18-20(12)15-9-5-6-10-17-15/h2-11H,1H3,(H,19,21). The minimum atomic E-state index is -0.153. The van der Waals surface area contributed by atoms with Gasteiger partial charge < -0.3 is 5.32 Å². The lowest BCUT2D eigenvalue weighted by molar-refractivity contribution is 0.102. The van der Waals surface area contributed by atoms with Gasteiger partial charge in [0.25, 0.3) is 5.91 Å². The van der Waals surface area contributed by atoms with Gasteiger partial charge in [-0.05, 0) is 31.2 Å². The van der Waals surface area contributed by atoms with Gasteiger partial charge in [-0.3, -0.25) is 4.79 Å². The van der Waals surface area contributed by atoms with Crippen LogP contribution in [0.1, 0.15) is 16.1 Å². The summed E-state index contributed by atoms with van der Waals surface area (Å²) in [7, 11) is 0. The summed E-state index contributed by atoms with van der Waals surface area (Å²) in [6.45, 7) is 1.89. The van der Waals surface area contributed by atoms with Gasteiger partial charge in [0.15, 0.2) is 5.82 Å². The van der Waals surface area contributed by atoms with E-state index in [1.807, 2.05) is 43.3 Å². The van der Waals surface area contributed by atoms with Crippen LogP contribution in [0.4, 0.5) is 5.69 Å². The van der Waals surface area contributed by atoms with E-state index in [1.165, 1.54) is 0 Å². The number of benzene rings is 1. The van der Waals surface area contributed by atoms with Gasteiger partial charge in [0.1, 0.15) is 0 Å². The maximum absolute atomic E-state index is 12.1. The predicted molar refractivity (Wildman–Crippen MR) is 80.5 cm³/mol. The first-order valence-corrected chi connectivity index (χ1v) is 6.58. The second-order valence-electron chi connectivity index (χ2n) is 4.56. The molecule has 0 fully saturated rings. The Kier molecular flexibility index (Phi) is 3.47. The minimum Gasteiger partial charge on any atom is -0.319 e. The summed E-state index contributed by atoms with van der Waals surface area (Å²) >= 11 is 0. The van der Waals surface area contributed by atoms with Crippen LogP contribution in [0, 0.1) is 6.92 Å². The molecule has 0 bridgehead atoms. The SMILES string of the molecule is Cc1c(NC(=O)c2ccccc2)cnn1-c1ccccn1. The highest BCUT2D eigenvalue weighted by molar-refractivity contribution is 6.04. The van der Waals surface area contributed by atoms with Crippen molar-refractivity contribution in [3.05, 3.63) is 72.2 Å². The molecule has 5 heteroatoms. The number of nitrogens with zero attached hydrogens (tertiary/aromatic N) is 3. The van der Waals surface area contributed by atoms with Crippen LogP contribution in [0.5, 0.6) is 0 Å². The summed E-state index contributed by atoms with van der Waals surface area (Å²) in [6, 6.07) is 14.7. The molecule has 104 valence electrons. The molecule has 1 aromatic carbocycles. The molecule has 0 saturated heterocycles. The van der Waals surface area contributed by atoms with Gasteiger partial charge in [0.05, 0.1) is 17.6 Å². The molecule has 3 rings (SSSR count). The molecule has 2 aromatic heterocycles. The van der Waals surface area contributed by atoms with E-state index in [1.54, 1.807) is 29.2 Å². The van der Waals surface area contributed by atoms with Crippen molar-refractivity contribution in [3.8, 4) is 5.82 Å². The molecule has 0 aliphatic carbocycles. The van der Waals surface area contributed by atoms with E-state index in [2.05, 4.69) is 15.4 Å². The van der Waals surface area contributed by atoms with Gasteiger partial charge in [0.2, 0.25) is 0 Å². The number of carbonyl (C=O) groups is 1. The average molecular weight is 278 g/mol. The number of carbonyl (C=O) groups excluding carboxylic acids is 1. The van der Waals surface area contributed by atoms with E-state index in [0.29, 0.717) is 11.3 Å². The zero-order valence-electron chi connectivity index (χ0n) is 11.5. The highest BCUT2D eigenvalue weighted by Crippen LogP contribution is 2.17. The van der Waals surface area contributed by atoms with Crippen LogP contribution in [0.25, 0.3) is 5.82 Å². The first-order valence-electron chi connectivity index (χ1n) is 6.58. The Bertz CT molecular complexity index is 750. The monoisotopic (exact) mass is 278 g/mol. The first-order chi connectivity index (χ1) is 10.3. The van der Waals surface area contributed by atoms with Gasteiger partial charge >= 0.3 is 0 Å². The van der Waals surface area contributed by atoms with Crippen molar-refractivity contribution in [2.24, 2.45) is 0 Å². The van der Waals surface area contributed by atoms with Crippen molar-refractivity contribution in [2.75, 3.05) is 5.32 Å². The fourth-order valence-electron chi connectivity index (χ4n) is 2.03. The van der Waals surface area contributed by atoms with Crippen molar-refractivity contribution in [2.45, 2.75) is 6.92 Å². The Balaban J connectivity index is 1.85. The van der Waals surface area contributed by atoms with E-state index < -0.39 is 0 Å². The normalized spacial score (nSPS) is 10.3. The summed E-state index contributed by atoms with van der Waals surface area (Å²) < 4.78 is 1.70. The zero-order valence-corrected chi connectivity index (χ0v) is 11.5. The molecule has 1 amide bonds. The maximum atomic E-state index is 12.1. The van der Waals surface area contributed by atoms with E-state index in [0.717, 1.165) is 11.5 Å². The fraction of sp³-hybridized carbons (Fsp3) is 0.0625. The molecule has 0 atom stereocenters. The smallest absolute Gasteiger partial charge is 0.255 e. The Hall–Kier alpha value is -2.95. The summed E-state index contributed by atoms with van der Waals surface area (Å²) in [5.41, 5.74) is 2.12. The van der Waals surface area contributed by atoms with Gasteiger partial charge in [0, 0.05) is 11.8 Å². The number of hydrogen-bond acceptors (Lipinski definition) is 3. The molecule has 0 radical (unpaired) electrons. The largest absolute Gasteiger partial charge is 0.319 e. The van der Waals surface area contributed by atoms with Gasteiger partial charge in [-0.2, -0.15) is 5.10 Å². The summed E-state index contributed by atoms with van der Waals surface area (Å²) in [6.07, 6.45) is 3.34. The number of nitrogens with one attached hydrogen (secondary N) is 1. The number of hydrogen-bond donors (Lipinski definition) is 1. The first kappa shape index (κ1) is 13.1. The van der Waals surface area contributed by atoms with Crippen LogP contribution in [0.15, 0.2) is 60.9 Å². The number of amides is 1. The molecule has 5 nitrogen and oxygen atoms in total. The molecule has 0 unspecified atom stereocenters. The summed E-state index contributed by atoms with van der Waals surface area (Å²) in [4.78, 5) is 16.4. The minimum absolute atomic E-state index is 0.153. The van der Waals surface area contributed by atoms with Crippen molar-refractivity contribution in [1.82, 2.24) is 14.8 Å². The third-order valence-electron chi connectivity index (χ3n) is 3.16. The highest BCUT2D eigenvalue weighted by atomic mass is 16.1. The van der Waals surface area contributed by atoms with Crippen LogP contribution >= 0.6 is 0 Å². The molecule has 2 heterocycles. The maximum Gasteiger partial charge on any atom is 0.255 e. The molecule has 1 N–H and O–H groups in total. The molecule has 0 spiro atoms. The van der Waals surface area contributed by atoms with Crippen molar-refractivity contribution in [1.29, 1.82) is 0 Å². The van der Waals surface area contributed by atoms with E-state index in [4.69, 9.17) is 0 Å². The molecular weight excluding hydrogens is 264 g/mol. The van der Waals surface area contributed by atoms with Crippen LogP contribution in [0.2, 0.25) is 0 Å². The quantitative estimate of drug-likeness (QED) is 0.801. The molecule has 21 heavy (non-hydrogen) atoms. The third kappa shape index (κ3) is 2.67. The third-order valence-corrected chi connectivity index (χ3v) is 3.16. The molecule has 0 saturated carbocycles. The lowest BCUT2D eigenvalue weighted by Gasteiger charge is -2.06. The number of aromatic nitrogens is 3. The topological polar surface area (TPSA) is 59.8 Å². The lowest BCUT2D eigenvalue weighted by atomic mass is 10.2. The number of pyridine rings is 1. The Morgan fingerprint density at radius 3 is 2.57 bits per heavy atom. The van der Waals surface area contributed by atoms with Gasteiger partial charge in [-0.25, -0.2) is 9.67 Å². The summed E-state index contributed by atoms with van der Waals surface area (Å²) in [5.74, 6) is 0.564. The van der Waals surface area contributed by atoms with Crippen LogP contribution in [-0.2, 0) is 0 Å². The molecule has 3 aromatic rings. The summed E-state index contributed by atoms with van der Waals surface area (Å²) in [5, 5.41) is 7.14. The lowest BCUT2D eigenvalue weighted by Crippen LogP contribution is -2.12. The van der Waals surface area contributed by atoms with Crippen LogP contribution in [-0.4, -0.2) is 20.7 Å². The number of rotatable bonds is 3. The van der Waals surface area contributed by atoms with Gasteiger partial charge in [-0.1, -0.05) is 24.3 Å². The second kappa shape index (κ2) is 5.58. The van der Waals surface area contributed by atoms with Crippen LogP contribution < -0.4 is 5.32 Å². The van der Waals surface area contributed by atoms with E-state index >= 15 is 0 Å².